The van der Waals surface area contributed by atoms with Crippen LogP contribution in [0.2, 0.25) is 0 Å². The van der Waals surface area contributed by atoms with E-state index < -0.39 is 0 Å². The molecular formula is C22H34N2O2. The first-order valence-electron chi connectivity index (χ1n) is 10.7. The molecule has 1 N–H and O–H groups in total. The van der Waals surface area contributed by atoms with Gasteiger partial charge in [0, 0.05) is 7.05 Å². The SMILES string of the molecule is C=CC(=O)NCC(=O)N(C)C1(C2CCCCC2)C2CC3CC(C2)CC1C3. The summed E-state index contributed by atoms with van der Waals surface area (Å²) in [6, 6.07) is 0. The van der Waals surface area contributed by atoms with Gasteiger partial charge in [0.15, 0.2) is 0 Å². The van der Waals surface area contributed by atoms with Crippen LogP contribution in [0.1, 0.15) is 64.2 Å². The van der Waals surface area contributed by atoms with Gasteiger partial charge in [-0.15, -0.1) is 0 Å². The van der Waals surface area contributed by atoms with Crippen molar-refractivity contribution in [3.05, 3.63) is 12.7 Å². The molecule has 0 spiro atoms. The van der Waals surface area contributed by atoms with E-state index in [2.05, 4.69) is 16.8 Å². The molecule has 4 bridgehead atoms. The molecule has 0 aliphatic heterocycles. The Hall–Kier alpha value is -1.32. The smallest absolute Gasteiger partial charge is 0.243 e. The van der Waals surface area contributed by atoms with Crippen molar-refractivity contribution >= 4 is 11.8 Å². The Balaban J connectivity index is 1.62. The quantitative estimate of drug-likeness (QED) is 0.765. The maximum atomic E-state index is 13.1. The van der Waals surface area contributed by atoms with Crippen molar-refractivity contribution in [3.63, 3.8) is 0 Å². The molecule has 0 radical (unpaired) electrons. The van der Waals surface area contributed by atoms with Crippen molar-refractivity contribution in [1.29, 1.82) is 0 Å². The van der Waals surface area contributed by atoms with E-state index in [1.165, 1.54) is 70.3 Å². The van der Waals surface area contributed by atoms with Gasteiger partial charge in [-0.1, -0.05) is 25.8 Å². The van der Waals surface area contributed by atoms with E-state index in [0.29, 0.717) is 17.8 Å². The molecule has 0 aromatic rings. The largest absolute Gasteiger partial charge is 0.343 e. The topological polar surface area (TPSA) is 49.4 Å². The molecule has 5 rings (SSSR count). The lowest BCUT2D eigenvalue weighted by Crippen LogP contribution is -2.70. The lowest BCUT2D eigenvalue weighted by atomic mass is 9.44. The van der Waals surface area contributed by atoms with Crippen LogP contribution in [0, 0.1) is 29.6 Å². The van der Waals surface area contributed by atoms with Crippen LogP contribution in [-0.2, 0) is 9.59 Å². The van der Waals surface area contributed by atoms with Gasteiger partial charge < -0.3 is 10.2 Å². The highest BCUT2D eigenvalue weighted by Crippen LogP contribution is 2.63. The van der Waals surface area contributed by atoms with Gasteiger partial charge in [0.1, 0.15) is 0 Å². The summed E-state index contributed by atoms with van der Waals surface area (Å²) >= 11 is 0. The first kappa shape index (κ1) is 18.1. The Labute approximate surface area is 157 Å². The lowest BCUT2D eigenvalue weighted by Gasteiger charge is -2.67. The summed E-state index contributed by atoms with van der Waals surface area (Å²) in [4.78, 5) is 26.8. The molecule has 0 atom stereocenters. The van der Waals surface area contributed by atoms with E-state index in [9.17, 15) is 9.59 Å². The Morgan fingerprint density at radius 1 is 1.00 bits per heavy atom. The van der Waals surface area contributed by atoms with Crippen molar-refractivity contribution in [2.75, 3.05) is 13.6 Å². The molecule has 144 valence electrons. The highest BCUT2D eigenvalue weighted by molar-refractivity contribution is 5.90. The Morgan fingerprint density at radius 2 is 1.58 bits per heavy atom. The second-order valence-electron chi connectivity index (χ2n) is 9.40. The summed E-state index contributed by atoms with van der Waals surface area (Å²) in [7, 11) is 2.04. The number of hydrogen-bond donors (Lipinski definition) is 1. The first-order chi connectivity index (χ1) is 12.6. The first-order valence-corrected chi connectivity index (χ1v) is 10.7. The van der Waals surface area contributed by atoms with Crippen LogP contribution in [0.5, 0.6) is 0 Å². The van der Waals surface area contributed by atoms with Gasteiger partial charge in [-0.3, -0.25) is 9.59 Å². The molecule has 5 aliphatic rings. The van der Waals surface area contributed by atoms with Gasteiger partial charge in [-0.2, -0.15) is 0 Å². The van der Waals surface area contributed by atoms with E-state index in [-0.39, 0.29) is 23.9 Å². The van der Waals surface area contributed by atoms with E-state index >= 15 is 0 Å². The molecular weight excluding hydrogens is 324 g/mol. The Morgan fingerprint density at radius 3 is 2.12 bits per heavy atom. The van der Waals surface area contributed by atoms with Gasteiger partial charge in [-0.05, 0) is 80.6 Å². The zero-order valence-electron chi connectivity index (χ0n) is 16.2. The number of nitrogens with zero attached hydrogens (tertiary/aromatic N) is 1. The standard InChI is InChI=1S/C22H34N2O2/c1-3-20(25)23-14-21(26)24(2)22(17-7-5-4-6-8-17)18-10-15-9-16(12-18)13-19(22)11-15/h3,15-19H,1,4-14H2,2H3,(H,23,25). The lowest BCUT2D eigenvalue weighted by molar-refractivity contribution is -0.178. The Bertz CT molecular complexity index is 545. The molecule has 0 aromatic carbocycles. The number of amides is 2. The van der Waals surface area contributed by atoms with Crippen LogP contribution in [0.25, 0.3) is 0 Å². The fourth-order valence-corrected chi connectivity index (χ4v) is 7.56. The molecule has 0 heterocycles. The van der Waals surface area contributed by atoms with Gasteiger partial charge >= 0.3 is 0 Å². The minimum atomic E-state index is -0.261. The number of nitrogens with one attached hydrogen (secondary N) is 1. The molecule has 5 saturated carbocycles. The third-order valence-corrected chi connectivity index (χ3v) is 8.26. The van der Waals surface area contributed by atoms with Crippen molar-refractivity contribution in [3.8, 4) is 0 Å². The number of carbonyl (C=O) groups is 2. The average molecular weight is 359 g/mol. The second-order valence-corrected chi connectivity index (χ2v) is 9.40. The van der Waals surface area contributed by atoms with Crippen LogP contribution in [0.15, 0.2) is 12.7 Å². The van der Waals surface area contributed by atoms with Gasteiger partial charge in [0.2, 0.25) is 11.8 Å². The molecule has 0 unspecified atom stereocenters. The van der Waals surface area contributed by atoms with Crippen LogP contribution >= 0.6 is 0 Å². The second kappa shape index (κ2) is 7.01. The van der Waals surface area contributed by atoms with Crippen molar-refractivity contribution in [2.24, 2.45) is 29.6 Å². The van der Waals surface area contributed by atoms with E-state index in [1.54, 1.807) is 0 Å². The monoisotopic (exact) mass is 358 g/mol. The fourth-order valence-electron chi connectivity index (χ4n) is 7.56. The minimum Gasteiger partial charge on any atom is -0.343 e. The Kier molecular flexibility index (Phi) is 4.87. The molecule has 0 aromatic heterocycles. The zero-order valence-corrected chi connectivity index (χ0v) is 16.2. The van der Waals surface area contributed by atoms with Crippen LogP contribution < -0.4 is 5.32 Å². The van der Waals surface area contributed by atoms with Gasteiger partial charge in [0.05, 0.1) is 12.1 Å². The van der Waals surface area contributed by atoms with E-state index in [0.717, 1.165) is 11.8 Å². The highest BCUT2D eigenvalue weighted by atomic mass is 16.2. The molecule has 4 heteroatoms. The third kappa shape index (κ3) is 2.80. The minimum absolute atomic E-state index is 0.0455. The van der Waals surface area contributed by atoms with Gasteiger partial charge in [-0.25, -0.2) is 0 Å². The zero-order chi connectivity index (χ0) is 18.3. The van der Waals surface area contributed by atoms with Crippen LogP contribution in [-0.4, -0.2) is 35.8 Å². The molecule has 2 amide bonds. The summed E-state index contributed by atoms with van der Waals surface area (Å²) in [6.45, 7) is 3.58. The third-order valence-electron chi connectivity index (χ3n) is 8.26. The van der Waals surface area contributed by atoms with Crippen molar-refractivity contribution in [1.82, 2.24) is 10.2 Å². The molecule has 5 fully saturated rings. The number of rotatable bonds is 5. The van der Waals surface area contributed by atoms with Crippen LogP contribution in [0.4, 0.5) is 0 Å². The summed E-state index contributed by atoms with van der Waals surface area (Å²) in [5.41, 5.74) is 0.0455. The molecule has 4 nitrogen and oxygen atoms in total. The van der Waals surface area contributed by atoms with E-state index in [1.807, 2.05) is 7.05 Å². The summed E-state index contributed by atoms with van der Waals surface area (Å²) in [5.74, 6) is 3.62. The van der Waals surface area contributed by atoms with Gasteiger partial charge in [0.25, 0.3) is 0 Å². The maximum absolute atomic E-state index is 13.1. The number of carbonyl (C=O) groups excluding carboxylic acids is 2. The molecule has 0 saturated heterocycles. The average Bonchev–Trinajstić information content (AvgIpc) is 2.66. The van der Waals surface area contributed by atoms with Crippen molar-refractivity contribution < 1.29 is 9.59 Å². The summed E-state index contributed by atoms with van der Waals surface area (Å²) in [5, 5.41) is 2.71. The van der Waals surface area contributed by atoms with Crippen molar-refractivity contribution in [2.45, 2.75) is 69.7 Å². The number of hydrogen-bond acceptors (Lipinski definition) is 2. The fraction of sp³-hybridized carbons (Fsp3) is 0.818. The summed E-state index contributed by atoms with van der Waals surface area (Å²) in [6.07, 6.45) is 14.5. The number of likely N-dealkylation sites (N-methyl/N-ethyl adjacent to an activating group) is 1. The normalized spacial score (nSPS) is 38.8. The summed E-state index contributed by atoms with van der Waals surface area (Å²) < 4.78 is 0. The molecule has 5 aliphatic carbocycles. The predicted molar refractivity (Wildman–Crippen MR) is 102 cm³/mol. The van der Waals surface area contributed by atoms with E-state index in [4.69, 9.17) is 0 Å². The maximum Gasteiger partial charge on any atom is 0.243 e. The highest BCUT2D eigenvalue weighted by Gasteiger charge is 2.62. The van der Waals surface area contributed by atoms with Crippen LogP contribution in [0.3, 0.4) is 0 Å². The predicted octanol–water partition coefficient (Wildman–Crippen LogP) is 3.52. The molecule has 26 heavy (non-hydrogen) atoms.